The van der Waals surface area contributed by atoms with Gasteiger partial charge >= 0.3 is 0 Å². The SMILES string of the molecule is CCc1cn(CC(C)C)c(N2CCCC(NC)C2)n1. The molecule has 1 unspecified atom stereocenters. The number of rotatable bonds is 5. The van der Waals surface area contributed by atoms with Crippen molar-refractivity contribution < 1.29 is 0 Å². The third-order valence-electron chi connectivity index (χ3n) is 3.84. The molecule has 0 bridgehead atoms. The predicted octanol–water partition coefficient (Wildman–Crippen LogP) is 2.29. The second-order valence-electron chi connectivity index (χ2n) is 6.01. The normalized spacial score (nSPS) is 20.3. The summed E-state index contributed by atoms with van der Waals surface area (Å²) in [6.45, 7) is 9.98. The Labute approximate surface area is 117 Å². The average Bonchev–Trinajstić information content (AvgIpc) is 2.81. The molecule has 0 spiro atoms. The van der Waals surface area contributed by atoms with Crippen LogP contribution in [0.4, 0.5) is 5.95 Å². The molecule has 1 aromatic heterocycles. The fourth-order valence-electron chi connectivity index (χ4n) is 2.80. The lowest BCUT2D eigenvalue weighted by Crippen LogP contribution is -2.45. The van der Waals surface area contributed by atoms with Gasteiger partial charge in [0.2, 0.25) is 5.95 Å². The van der Waals surface area contributed by atoms with Gasteiger partial charge in [0.05, 0.1) is 5.69 Å². The van der Waals surface area contributed by atoms with Crippen LogP contribution in [0.5, 0.6) is 0 Å². The summed E-state index contributed by atoms with van der Waals surface area (Å²) in [5.74, 6) is 1.83. The van der Waals surface area contributed by atoms with E-state index in [2.05, 4.69) is 48.8 Å². The van der Waals surface area contributed by atoms with E-state index in [9.17, 15) is 0 Å². The molecule has 0 saturated carbocycles. The lowest BCUT2D eigenvalue weighted by Gasteiger charge is -2.33. The molecular formula is C15H28N4. The minimum atomic E-state index is 0.600. The summed E-state index contributed by atoms with van der Waals surface area (Å²) in [4.78, 5) is 7.29. The van der Waals surface area contributed by atoms with E-state index in [0.29, 0.717) is 12.0 Å². The Balaban J connectivity index is 2.19. The van der Waals surface area contributed by atoms with Crippen LogP contribution in [-0.4, -0.2) is 35.7 Å². The molecular weight excluding hydrogens is 236 g/mol. The van der Waals surface area contributed by atoms with Gasteiger partial charge in [-0.05, 0) is 32.2 Å². The highest BCUT2D eigenvalue weighted by atomic mass is 15.3. The van der Waals surface area contributed by atoms with Crippen LogP contribution >= 0.6 is 0 Å². The van der Waals surface area contributed by atoms with Crippen LogP contribution in [-0.2, 0) is 13.0 Å². The van der Waals surface area contributed by atoms with E-state index in [-0.39, 0.29) is 0 Å². The van der Waals surface area contributed by atoms with Crippen LogP contribution in [0.2, 0.25) is 0 Å². The molecule has 19 heavy (non-hydrogen) atoms. The Bertz CT molecular complexity index is 397. The number of aromatic nitrogens is 2. The Hall–Kier alpha value is -1.03. The molecule has 1 saturated heterocycles. The number of nitrogens with one attached hydrogen (secondary N) is 1. The van der Waals surface area contributed by atoms with Crippen molar-refractivity contribution in [1.29, 1.82) is 0 Å². The second-order valence-corrected chi connectivity index (χ2v) is 6.01. The van der Waals surface area contributed by atoms with E-state index < -0.39 is 0 Å². The van der Waals surface area contributed by atoms with Crippen molar-refractivity contribution in [3.8, 4) is 0 Å². The van der Waals surface area contributed by atoms with Gasteiger partial charge in [0.25, 0.3) is 0 Å². The summed E-state index contributed by atoms with van der Waals surface area (Å²) in [5, 5.41) is 3.41. The zero-order valence-electron chi connectivity index (χ0n) is 12.8. The van der Waals surface area contributed by atoms with Crippen LogP contribution in [0.1, 0.15) is 39.3 Å². The van der Waals surface area contributed by atoms with E-state index in [1.807, 2.05) is 0 Å². The zero-order valence-corrected chi connectivity index (χ0v) is 12.8. The molecule has 0 amide bonds. The molecule has 0 aromatic carbocycles. The summed E-state index contributed by atoms with van der Waals surface area (Å²) in [6, 6.07) is 0.600. The zero-order chi connectivity index (χ0) is 13.8. The summed E-state index contributed by atoms with van der Waals surface area (Å²) in [5.41, 5.74) is 1.21. The molecule has 0 radical (unpaired) electrons. The van der Waals surface area contributed by atoms with E-state index >= 15 is 0 Å². The summed E-state index contributed by atoms with van der Waals surface area (Å²) >= 11 is 0. The van der Waals surface area contributed by atoms with Gasteiger partial charge in [-0.15, -0.1) is 0 Å². The molecule has 108 valence electrons. The molecule has 4 heteroatoms. The summed E-state index contributed by atoms with van der Waals surface area (Å²) < 4.78 is 2.35. The van der Waals surface area contributed by atoms with Gasteiger partial charge < -0.3 is 14.8 Å². The molecule has 1 atom stereocenters. The van der Waals surface area contributed by atoms with Gasteiger partial charge in [0.15, 0.2) is 0 Å². The second kappa shape index (κ2) is 6.42. The number of hydrogen-bond acceptors (Lipinski definition) is 3. The fraction of sp³-hybridized carbons (Fsp3) is 0.800. The summed E-state index contributed by atoms with van der Waals surface area (Å²) in [6.07, 6.45) is 5.78. The van der Waals surface area contributed by atoms with Gasteiger partial charge in [-0.2, -0.15) is 0 Å². The van der Waals surface area contributed by atoms with Crippen molar-refractivity contribution in [2.24, 2.45) is 5.92 Å². The maximum Gasteiger partial charge on any atom is 0.205 e. The first-order valence-electron chi connectivity index (χ1n) is 7.62. The highest BCUT2D eigenvalue weighted by molar-refractivity contribution is 5.35. The number of piperidine rings is 1. The first kappa shape index (κ1) is 14.4. The molecule has 2 heterocycles. The quantitative estimate of drug-likeness (QED) is 0.886. The van der Waals surface area contributed by atoms with Crippen molar-refractivity contribution in [2.75, 3.05) is 25.0 Å². The van der Waals surface area contributed by atoms with Crippen LogP contribution < -0.4 is 10.2 Å². The third kappa shape index (κ3) is 3.50. The van der Waals surface area contributed by atoms with Crippen molar-refractivity contribution in [2.45, 2.75) is 52.6 Å². The highest BCUT2D eigenvalue weighted by Crippen LogP contribution is 2.21. The van der Waals surface area contributed by atoms with Crippen molar-refractivity contribution in [3.63, 3.8) is 0 Å². The lowest BCUT2D eigenvalue weighted by atomic mass is 10.1. The highest BCUT2D eigenvalue weighted by Gasteiger charge is 2.22. The van der Waals surface area contributed by atoms with E-state index in [4.69, 9.17) is 4.98 Å². The minimum Gasteiger partial charge on any atom is -0.341 e. The molecule has 1 N–H and O–H groups in total. The Kier molecular flexibility index (Phi) is 4.86. The first-order chi connectivity index (χ1) is 9.13. The predicted molar refractivity (Wildman–Crippen MR) is 80.7 cm³/mol. The smallest absolute Gasteiger partial charge is 0.205 e. The van der Waals surface area contributed by atoms with Crippen LogP contribution in [0.3, 0.4) is 0 Å². The van der Waals surface area contributed by atoms with Crippen LogP contribution in [0.15, 0.2) is 6.20 Å². The van der Waals surface area contributed by atoms with Crippen molar-refractivity contribution in [3.05, 3.63) is 11.9 Å². The third-order valence-corrected chi connectivity index (χ3v) is 3.84. The molecule has 2 rings (SSSR count). The number of nitrogens with zero attached hydrogens (tertiary/aromatic N) is 3. The molecule has 1 aromatic rings. The Morgan fingerprint density at radius 1 is 1.47 bits per heavy atom. The van der Waals surface area contributed by atoms with Crippen molar-refractivity contribution in [1.82, 2.24) is 14.9 Å². The average molecular weight is 264 g/mol. The molecule has 1 aliphatic rings. The molecule has 4 nitrogen and oxygen atoms in total. The van der Waals surface area contributed by atoms with Gasteiger partial charge in [0.1, 0.15) is 0 Å². The number of anilines is 1. The maximum atomic E-state index is 4.84. The molecule has 1 aliphatic heterocycles. The van der Waals surface area contributed by atoms with E-state index in [1.165, 1.54) is 24.5 Å². The van der Waals surface area contributed by atoms with E-state index in [0.717, 1.165) is 26.1 Å². The minimum absolute atomic E-state index is 0.600. The number of imidazole rings is 1. The van der Waals surface area contributed by atoms with Crippen LogP contribution in [0.25, 0.3) is 0 Å². The van der Waals surface area contributed by atoms with Gasteiger partial charge in [-0.3, -0.25) is 0 Å². The molecule has 1 fully saturated rings. The standard InChI is InChI=1S/C15H28N4/c1-5-13-10-19(9-12(2)3)15(17-13)18-8-6-7-14(11-18)16-4/h10,12,14,16H,5-9,11H2,1-4H3. The van der Waals surface area contributed by atoms with Gasteiger partial charge in [-0.25, -0.2) is 4.98 Å². The number of hydrogen-bond donors (Lipinski definition) is 1. The van der Waals surface area contributed by atoms with Gasteiger partial charge in [-0.1, -0.05) is 20.8 Å². The largest absolute Gasteiger partial charge is 0.341 e. The van der Waals surface area contributed by atoms with E-state index in [1.54, 1.807) is 0 Å². The molecule has 0 aliphatic carbocycles. The van der Waals surface area contributed by atoms with Crippen LogP contribution in [0, 0.1) is 5.92 Å². The first-order valence-corrected chi connectivity index (χ1v) is 7.62. The van der Waals surface area contributed by atoms with Crippen molar-refractivity contribution >= 4 is 5.95 Å². The number of likely N-dealkylation sites (N-methyl/N-ethyl adjacent to an activating group) is 1. The summed E-state index contributed by atoms with van der Waals surface area (Å²) in [7, 11) is 2.06. The van der Waals surface area contributed by atoms with Gasteiger partial charge in [0, 0.05) is 31.9 Å². The fourth-order valence-corrected chi connectivity index (χ4v) is 2.80. The monoisotopic (exact) mass is 264 g/mol. The number of aryl methyl sites for hydroxylation is 1. The Morgan fingerprint density at radius 3 is 2.89 bits per heavy atom. The Morgan fingerprint density at radius 2 is 2.26 bits per heavy atom. The lowest BCUT2D eigenvalue weighted by molar-refractivity contribution is 0.435. The topological polar surface area (TPSA) is 33.1 Å². The maximum absolute atomic E-state index is 4.84.